The van der Waals surface area contributed by atoms with E-state index in [0.717, 1.165) is 35.5 Å². The maximum Gasteiger partial charge on any atom is 0.223 e. The fourth-order valence-electron chi connectivity index (χ4n) is 4.44. The number of nitrogens with zero attached hydrogens (tertiary/aromatic N) is 2. The maximum atomic E-state index is 12.7. The molecule has 1 N–H and O–H groups in total. The van der Waals surface area contributed by atoms with Gasteiger partial charge in [-0.15, -0.1) is 0 Å². The number of benzene rings is 1. The van der Waals surface area contributed by atoms with Gasteiger partial charge in [0.15, 0.2) is 11.5 Å². The van der Waals surface area contributed by atoms with E-state index < -0.39 is 0 Å². The summed E-state index contributed by atoms with van der Waals surface area (Å²) < 4.78 is 11.7. The monoisotopic (exact) mass is 423 g/mol. The zero-order chi connectivity index (χ0) is 21.8. The molecule has 7 heteroatoms. The van der Waals surface area contributed by atoms with Crippen LogP contribution in [-0.4, -0.2) is 41.5 Å². The molecule has 7 nitrogen and oxygen atoms in total. The van der Waals surface area contributed by atoms with Crippen LogP contribution < -0.4 is 14.8 Å². The van der Waals surface area contributed by atoms with Gasteiger partial charge in [0.1, 0.15) is 0 Å². The topological polar surface area (TPSA) is 80.8 Å². The van der Waals surface area contributed by atoms with Crippen LogP contribution in [0.4, 0.5) is 5.69 Å². The molecule has 0 radical (unpaired) electrons. The Kier molecular flexibility index (Phi) is 6.39. The lowest BCUT2D eigenvalue weighted by Crippen LogP contribution is -2.25. The first-order chi connectivity index (χ1) is 15.0. The van der Waals surface area contributed by atoms with Crippen LogP contribution in [0, 0.1) is 0 Å². The van der Waals surface area contributed by atoms with Gasteiger partial charge in [0, 0.05) is 56.0 Å². The van der Waals surface area contributed by atoms with E-state index >= 15 is 0 Å². The highest BCUT2D eigenvalue weighted by atomic mass is 16.5. The summed E-state index contributed by atoms with van der Waals surface area (Å²) in [6, 6.07) is 7.74. The highest BCUT2D eigenvalue weighted by molar-refractivity contribution is 5.89. The average Bonchev–Trinajstić information content (AvgIpc) is 3.39. The summed E-state index contributed by atoms with van der Waals surface area (Å²) >= 11 is 0. The van der Waals surface area contributed by atoms with Crippen molar-refractivity contribution in [1.82, 2.24) is 9.88 Å². The molecule has 2 aromatic rings. The van der Waals surface area contributed by atoms with Crippen LogP contribution in [0.25, 0.3) is 0 Å². The molecule has 2 aliphatic rings. The van der Waals surface area contributed by atoms with E-state index in [9.17, 15) is 9.59 Å². The first-order valence-electron chi connectivity index (χ1n) is 10.9. The van der Waals surface area contributed by atoms with Crippen molar-refractivity contribution in [3.05, 3.63) is 47.8 Å². The van der Waals surface area contributed by atoms with Crippen LogP contribution in [0.15, 0.2) is 36.7 Å². The molecule has 4 rings (SSSR count). The van der Waals surface area contributed by atoms with Crippen LogP contribution >= 0.6 is 0 Å². The number of methoxy groups -OCH3 is 1. The van der Waals surface area contributed by atoms with E-state index in [0.29, 0.717) is 25.2 Å². The van der Waals surface area contributed by atoms with Gasteiger partial charge in [-0.05, 0) is 49.4 Å². The highest BCUT2D eigenvalue weighted by Crippen LogP contribution is 2.37. The number of carbonyl (C=O) groups excluding carboxylic acids is 2. The molecule has 1 aromatic heterocycles. The van der Waals surface area contributed by atoms with Gasteiger partial charge in [-0.25, -0.2) is 0 Å². The third-order valence-electron chi connectivity index (χ3n) is 6.04. The van der Waals surface area contributed by atoms with Crippen LogP contribution in [0.3, 0.4) is 0 Å². The van der Waals surface area contributed by atoms with E-state index in [1.807, 2.05) is 23.1 Å². The van der Waals surface area contributed by atoms with Crippen LogP contribution in [-0.2, 0) is 16.1 Å². The molecular formula is C24H29N3O4. The molecule has 0 spiro atoms. The van der Waals surface area contributed by atoms with Crippen molar-refractivity contribution in [2.45, 2.75) is 57.6 Å². The Labute approximate surface area is 182 Å². The Hall–Kier alpha value is -3.09. The first-order valence-corrected chi connectivity index (χ1v) is 10.9. The quantitative estimate of drug-likeness (QED) is 0.731. The van der Waals surface area contributed by atoms with Crippen molar-refractivity contribution < 1.29 is 19.1 Å². The zero-order valence-corrected chi connectivity index (χ0v) is 18.1. The minimum Gasteiger partial charge on any atom is -0.493 e. The summed E-state index contributed by atoms with van der Waals surface area (Å²) in [5.41, 5.74) is 2.60. The van der Waals surface area contributed by atoms with Gasteiger partial charge >= 0.3 is 0 Å². The van der Waals surface area contributed by atoms with Crippen LogP contribution in [0.2, 0.25) is 0 Å². The molecule has 1 saturated carbocycles. The number of carbonyl (C=O) groups is 2. The molecule has 1 atom stereocenters. The number of nitrogens with one attached hydrogen (secondary N) is 1. The second-order valence-electron chi connectivity index (χ2n) is 8.32. The molecule has 2 amide bonds. The largest absolute Gasteiger partial charge is 0.493 e. The van der Waals surface area contributed by atoms with Crippen molar-refractivity contribution >= 4 is 17.5 Å². The summed E-state index contributed by atoms with van der Waals surface area (Å²) in [5, 5.41) is 2.81. The average molecular weight is 424 g/mol. The highest BCUT2D eigenvalue weighted by Gasteiger charge is 2.32. The van der Waals surface area contributed by atoms with E-state index in [-0.39, 0.29) is 23.8 Å². The molecule has 1 aliphatic carbocycles. The molecule has 164 valence electrons. The first kappa shape index (κ1) is 21.2. The maximum absolute atomic E-state index is 12.7. The smallest absolute Gasteiger partial charge is 0.223 e. The van der Waals surface area contributed by atoms with Gasteiger partial charge in [-0.3, -0.25) is 14.6 Å². The fourth-order valence-corrected chi connectivity index (χ4v) is 4.44. The molecule has 1 aliphatic heterocycles. The van der Waals surface area contributed by atoms with Gasteiger partial charge in [-0.2, -0.15) is 0 Å². The number of ether oxygens (including phenoxy) is 2. The molecule has 0 unspecified atom stereocenters. The van der Waals surface area contributed by atoms with Crippen molar-refractivity contribution in [2.24, 2.45) is 0 Å². The number of hydrogen-bond acceptors (Lipinski definition) is 5. The van der Waals surface area contributed by atoms with Crippen molar-refractivity contribution in [2.75, 3.05) is 19.0 Å². The molecule has 0 bridgehead atoms. The van der Waals surface area contributed by atoms with Crippen LogP contribution in [0.1, 0.15) is 56.1 Å². The molecule has 2 fully saturated rings. The Morgan fingerprint density at radius 1 is 1.23 bits per heavy atom. The molecular weight excluding hydrogens is 394 g/mol. The predicted molar refractivity (Wildman–Crippen MR) is 117 cm³/mol. The summed E-state index contributed by atoms with van der Waals surface area (Å²) in [5.74, 6) is 1.53. The van der Waals surface area contributed by atoms with E-state index in [1.54, 1.807) is 25.6 Å². The van der Waals surface area contributed by atoms with E-state index in [2.05, 4.69) is 10.3 Å². The van der Waals surface area contributed by atoms with Crippen molar-refractivity contribution in [3.63, 3.8) is 0 Å². The Balaban J connectivity index is 1.48. The number of hydrogen-bond donors (Lipinski definition) is 1. The van der Waals surface area contributed by atoms with Gasteiger partial charge in [0.25, 0.3) is 0 Å². The second kappa shape index (κ2) is 9.37. The molecule has 1 aromatic carbocycles. The number of aromatic nitrogens is 1. The van der Waals surface area contributed by atoms with E-state index in [1.165, 1.54) is 19.8 Å². The summed E-state index contributed by atoms with van der Waals surface area (Å²) in [7, 11) is 1.65. The number of anilines is 1. The summed E-state index contributed by atoms with van der Waals surface area (Å²) in [6.45, 7) is 2.50. The van der Waals surface area contributed by atoms with Gasteiger partial charge in [-0.1, -0.05) is 6.07 Å². The third-order valence-corrected chi connectivity index (χ3v) is 6.04. The fraction of sp³-hybridized carbons (Fsp3) is 0.458. The minimum absolute atomic E-state index is 0.0882. The van der Waals surface area contributed by atoms with Gasteiger partial charge < -0.3 is 19.7 Å². The number of amides is 2. The summed E-state index contributed by atoms with van der Waals surface area (Å²) in [6.07, 6.45) is 8.57. The van der Waals surface area contributed by atoms with Gasteiger partial charge in [0.05, 0.1) is 13.2 Å². The molecule has 1 saturated heterocycles. The molecule has 2 heterocycles. The lowest BCUT2D eigenvalue weighted by molar-refractivity contribution is -0.128. The zero-order valence-electron chi connectivity index (χ0n) is 18.1. The third kappa shape index (κ3) is 4.98. The SMILES string of the molecule is COc1ccc([C@@H]2CC(=O)N(Cc3cnccc3NC(C)=O)C2)cc1OC1CCCC1. The minimum atomic E-state index is -0.147. The Morgan fingerprint density at radius 3 is 2.77 bits per heavy atom. The number of rotatable bonds is 7. The number of likely N-dealkylation sites (tertiary alicyclic amines) is 1. The Bertz CT molecular complexity index is 956. The van der Waals surface area contributed by atoms with E-state index in [4.69, 9.17) is 9.47 Å². The lowest BCUT2D eigenvalue weighted by Gasteiger charge is -2.20. The number of pyridine rings is 1. The Morgan fingerprint density at radius 2 is 2.03 bits per heavy atom. The lowest BCUT2D eigenvalue weighted by atomic mass is 9.98. The molecule has 31 heavy (non-hydrogen) atoms. The van der Waals surface area contributed by atoms with Crippen molar-refractivity contribution in [1.29, 1.82) is 0 Å². The normalized spacial score (nSPS) is 19.0. The predicted octanol–water partition coefficient (Wildman–Crippen LogP) is 3.89. The summed E-state index contributed by atoms with van der Waals surface area (Å²) in [4.78, 5) is 30.2. The van der Waals surface area contributed by atoms with Crippen molar-refractivity contribution in [3.8, 4) is 11.5 Å². The second-order valence-corrected chi connectivity index (χ2v) is 8.32. The standard InChI is InChI=1S/C24H29N3O4/c1-16(28)26-21-9-10-25-13-19(21)15-27-14-18(12-24(27)29)17-7-8-22(30-2)23(11-17)31-20-5-3-4-6-20/h7-11,13,18,20H,3-6,12,14-15H2,1-2H3,(H,25,26,28)/t18-/m1/s1. The van der Waals surface area contributed by atoms with Crippen LogP contribution in [0.5, 0.6) is 11.5 Å². The van der Waals surface area contributed by atoms with Gasteiger partial charge in [0.2, 0.25) is 11.8 Å².